The second kappa shape index (κ2) is 5.74. The van der Waals surface area contributed by atoms with Gasteiger partial charge in [0.15, 0.2) is 0 Å². The number of halogens is 3. The number of nitrogen functional groups attached to an aromatic ring is 1. The molecular weight excluding hydrogens is 317 g/mol. The van der Waals surface area contributed by atoms with Crippen LogP contribution in [0.1, 0.15) is 11.1 Å². The van der Waals surface area contributed by atoms with Crippen LogP contribution in [-0.2, 0) is 6.18 Å². The highest BCUT2D eigenvalue weighted by Gasteiger charge is 2.30. The summed E-state index contributed by atoms with van der Waals surface area (Å²) < 4.78 is 39.4. The second-order valence-electron chi connectivity index (χ2n) is 5.04. The van der Waals surface area contributed by atoms with Gasteiger partial charge in [0.1, 0.15) is 23.1 Å². The lowest BCUT2D eigenvalue weighted by atomic mass is 10.1. The van der Waals surface area contributed by atoms with Gasteiger partial charge in [-0.1, -0.05) is 30.3 Å². The van der Waals surface area contributed by atoms with E-state index < -0.39 is 11.7 Å². The summed E-state index contributed by atoms with van der Waals surface area (Å²) in [7, 11) is 0. The molecule has 0 aliphatic heterocycles. The Hall–Kier alpha value is -3.27. The average Bonchev–Trinajstić information content (AvgIpc) is 2.91. The fourth-order valence-electron chi connectivity index (χ4n) is 2.33. The molecule has 0 aliphatic carbocycles. The number of nitrogens with zero attached hydrogens (tertiary/aromatic N) is 3. The Bertz CT molecular complexity index is 904. The van der Waals surface area contributed by atoms with Crippen molar-refractivity contribution < 1.29 is 13.2 Å². The number of nitrogens with two attached hydrogens (primary N) is 1. The minimum Gasteiger partial charge on any atom is -0.382 e. The van der Waals surface area contributed by atoms with Crippen LogP contribution in [0.3, 0.4) is 0 Å². The lowest BCUT2D eigenvalue weighted by molar-refractivity contribution is -0.137. The van der Waals surface area contributed by atoms with Gasteiger partial charge in [0, 0.05) is 5.56 Å². The van der Waals surface area contributed by atoms with Crippen LogP contribution in [0.2, 0.25) is 0 Å². The van der Waals surface area contributed by atoms with Crippen LogP contribution in [0, 0.1) is 11.3 Å². The molecule has 0 fully saturated rings. The Balaban J connectivity index is 2.11. The van der Waals surface area contributed by atoms with Gasteiger partial charge in [-0.05, 0) is 24.3 Å². The van der Waals surface area contributed by atoms with Gasteiger partial charge >= 0.3 is 6.18 Å². The summed E-state index contributed by atoms with van der Waals surface area (Å²) in [6.45, 7) is 0. The number of hydrogen-bond donors (Lipinski definition) is 1. The van der Waals surface area contributed by atoms with Crippen molar-refractivity contribution in [1.29, 1.82) is 5.26 Å². The number of alkyl halides is 3. The molecule has 1 heterocycles. The quantitative estimate of drug-likeness (QED) is 0.773. The van der Waals surface area contributed by atoms with Crippen LogP contribution in [0.25, 0.3) is 16.9 Å². The van der Waals surface area contributed by atoms with Crippen molar-refractivity contribution in [2.45, 2.75) is 6.18 Å². The fraction of sp³-hybridized carbons (Fsp3) is 0.0588. The summed E-state index contributed by atoms with van der Waals surface area (Å²) in [6, 6.07) is 15.4. The van der Waals surface area contributed by atoms with Crippen molar-refractivity contribution in [2.75, 3.05) is 5.73 Å². The minimum atomic E-state index is -4.42. The van der Waals surface area contributed by atoms with Gasteiger partial charge in [0.25, 0.3) is 0 Å². The molecule has 2 N–H and O–H groups in total. The van der Waals surface area contributed by atoms with Crippen molar-refractivity contribution in [3.63, 3.8) is 0 Å². The average molecular weight is 328 g/mol. The molecule has 0 saturated heterocycles. The zero-order valence-corrected chi connectivity index (χ0v) is 12.2. The van der Waals surface area contributed by atoms with E-state index in [1.807, 2.05) is 12.1 Å². The molecule has 0 aliphatic rings. The summed E-state index contributed by atoms with van der Waals surface area (Å²) in [4.78, 5) is 0. The van der Waals surface area contributed by atoms with Crippen molar-refractivity contribution in [3.05, 3.63) is 65.7 Å². The molecular formula is C17H11F3N4. The predicted molar refractivity (Wildman–Crippen MR) is 83.1 cm³/mol. The van der Waals surface area contributed by atoms with E-state index in [-0.39, 0.29) is 17.1 Å². The highest BCUT2D eigenvalue weighted by molar-refractivity contribution is 5.73. The maximum absolute atomic E-state index is 12.7. The molecule has 0 spiro atoms. The van der Waals surface area contributed by atoms with Crippen molar-refractivity contribution in [1.82, 2.24) is 9.78 Å². The molecule has 0 bridgehead atoms. The van der Waals surface area contributed by atoms with E-state index in [0.29, 0.717) is 11.3 Å². The van der Waals surface area contributed by atoms with E-state index >= 15 is 0 Å². The van der Waals surface area contributed by atoms with E-state index in [4.69, 9.17) is 5.73 Å². The van der Waals surface area contributed by atoms with Crippen LogP contribution in [0.4, 0.5) is 19.0 Å². The fourth-order valence-corrected chi connectivity index (χ4v) is 2.33. The molecule has 0 radical (unpaired) electrons. The van der Waals surface area contributed by atoms with Crippen molar-refractivity contribution >= 4 is 5.82 Å². The van der Waals surface area contributed by atoms with Crippen molar-refractivity contribution in [2.24, 2.45) is 0 Å². The lowest BCUT2D eigenvalue weighted by Gasteiger charge is -2.06. The molecule has 2 aromatic carbocycles. The van der Waals surface area contributed by atoms with Gasteiger partial charge in [-0.2, -0.15) is 23.5 Å². The zero-order valence-electron chi connectivity index (χ0n) is 12.2. The maximum atomic E-state index is 12.7. The van der Waals surface area contributed by atoms with E-state index in [2.05, 4.69) is 5.10 Å². The smallest absolute Gasteiger partial charge is 0.382 e. The number of rotatable bonds is 2. The van der Waals surface area contributed by atoms with Crippen LogP contribution in [0.5, 0.6) is 0 Å². The van der Waals surface area contributed by atoms with E-state index in [9.17, 15) is 18.4 Å². The summed E-state index contributed by atoms with van der Waals surface area (Å²) in [5.41, 5.74) is 6.63. The van der Waals surface area contributed by atoms with Gasteiger partial charge in [0.05, 0.1) is 11.3 Å². The van der Waals surface area contributed by atoms with Gasteiger partial charge in [0.2, 0.25) is 0 Å². The molecule has 7 heteroatoms. The molecule has 0 saturated carbocycles. The molecule has 0 unspecified atom stereocenters. The first-order valence-electron chi connectivity index (χ1n) is 6.93. The Morgan fingerprint density at radius 1 is 1.00 bits per heavy atom. The number of hydrogen-bond acceptors (Lipinski definition) is 3. The van der Waals surface area contributed by atoms with Crippen LogP contribution in [-0.4, -0.2) is 9.78 Å². The van der Waals surface area contributed by atoms with E-state index in [1.54, 1.807) is 24.3 Å². The van der Waals surface area contributed by atoms with E-state index in [1.165, 1.54) is 16.8 Å². The molecule has 3 rings (SSSR count). The molecule has 4 nitrogen and oxygen atoms in total. The van der Waals surface area contributed by atoms with Crippen LogP contribution >= 0.6 is 0 Å². The third-order valence-electron chi connectivity index (χ3n) is 3.52. The molecule has 1 aromatic heterocycles. The van der Waals surface area contributed by atoms with Gasteiger partial charge in [-0.15, -0.1) is 0 Å². The van der Waals surface area contributed by atoms with Crippen LogP contribution < -0.4 is 5.73 Å². The van der Waals surface area contributed by atoms with Gasteiger partial charge in [-0.3, -0.25) is 0 Å². The summed E-state index contributed by atoms with van der Waals surface area (Å²) in [6.07, 6.45) is -4.42. The second-order valence-corrected chi connectivity index (χ2v) is 5.04. The third kappa shape index (κ3) is 2.70. The van der Waals surface area contributed by atoms with Crippen LogP contribution in [0.15, 0.2) is 54.6 Å². The number of anilines is 1. The topological polar surface area (TPSA) is 67.6 Å². The Morgan fingerprint density at radius 3 is 2.17 bits per heavy atom. The summed E-state index contributed by atoms with van der Waals surface area (Å²) >= 11 is 0. The SMILES string of the molecule is N#Cc1c(-c2ccc(C(F)(F)F)cc2)nn(-c2ccccc2)c1N. The standard InChI is InChI=1S/C17H11F3N4/c18-17(19,20)12-8-6-11(7-9-12)15-14(10-21)16(22)24(23-15)13-4-2-1-3-5-13/h1-9H,22H2. The molecule has 24 heavy (non-hydrogen) atoms. The lowest BCUT2D eigenvalue weighted by Crippen LogP contribution is -2.04. The third-order valence-corrected chi connectivity index (χ3v) is 3.52. The Labute approximate surface area is 135 Å². The molecule has 0 amide bonds. The highest BCUT2D eigenvalue weighted by atomic mass is 19.4. The van der Waals surface area contributed by atoms with Gasteiger partial charge < -0.3 is 5.73 Å². The number of benzene rings is 2. The van der Waals surface area contributed by atoms with Gasteiger partial charge in [-0.25, -0.2) is 4.68 Å². The maximum Gasteiger partial charge on any atom is 0.416 e. The number of para-hydroxylation sites is 1. The number of aromatic nitrogens is 2. The minimum absolute atomic E-state index is 0.124. The molecule has 0 atom stereocenters. The first-order chi connectivity index (χ1) is 11.4. The predicted octanol–water partition coefficient (Wildman–Crippen LogP) is 4.01. The Kier molecular flexibility index (Phi) is 3.73. The first-order valence-corrected chi connectivity index (χ1v) is 6.93. The monoisotopic (exact) mass is 328 g/mol. The summed E-state index contributed by atoms with van der Waals surface area (Å²) in [5, 5.41) is 13.6. The van der Waals surface area contributed by atoms with E-state index in [0.717, 1.165) is 12.1 Å². The molecule has 120 valence electrons. The number of nitriles is 1. The summed E-state index contributed by atoms with van der Waals surface area (Å²) in [5.74, 6) is 0.138. The normalized spacial score (nSPS) is 11.2. The first kappa shape index (κ1) is 15.6. The highest BCUT2D eigenvalue weighted by Crippen LogP contribution is 2.33. The Morgan fingerprint density at radius 2 is 1.62 bits per heavy atom. The van der Waals surface area contributed by atoms with Crippen molar-refractivity contribution in [3.8, 4) is 23.0 Å². The zero-order chi connectivity index (χ0) is 17.3. The molecule has 3 aromatic rings. The largest absolute Gasteiger partial charge is 0.416 e.